The molecule has 0 radical (unpaired) electrons. The van der Waals surface area contributed by atoms with Crippen LogP contribution in [0.15, 0.2) is 17.5 Å². The molecule has 0 fully saturated rings. The minimum atomic E-state index is -0.281. The van der Waals surface area contributed by atoms with E-state index in [1.165, 1.54) is 0 Å². The van der Waals surface area contributed by atoms with E-state index < -0.39 is 0 Å². The van der Waals surface area contributed by atoms with Gasteiger partial charge in [0.25, 0.3) is 0 Å². The van der Waals surface area contributed by atoms with E-state index in [2.05, 4.69) is 5.32 Å². The highest BCUT2D eigenvalue weighted by atomic mass is 32.1. The fourth-order valence-electron chi connectivity index (χ4n) is 1.26. The van der Waals surface area contributed by atoms with Crippen LogP contribution in [0.25, 0.3) is 0 Å². The summed E-state index contributed by atoms with van der Waals surface area (Å²) in [6.45, 7) is 3.93. The first kappa shape index (κ1) is 13.7. The van der Waals surface area contributed by atoms with Crippen LogP contribution in [0, 0.1) is 0 Å². The predicted molar refractivity (Wildman–Crippen MR) is 66.9 cm³/mol. The van der Waals surface area contributed by atoms with Gasteiger partial charge in [0.2, 0.25) is 5.91 Å². The Balaban J connectivity index is 2.14. The number of carbonyl (C=O) groups is 2. The summed E-state index contributed by atoms with van der Waals surface area (Å²) in [6.07, 6.45) is 0.481. The molecule has 1 amide bonds. The van der Waals surface area contributed by atoms with Crippen molar-refractivity contribution in [1.29, 1.82) is 0 Å². The third-order valence-electron chi connectivity index (χ3n) is 1.93. The fourth-order valence-corrected chi connectivity index (χ4v) is 1.96. The van der Waals surface area contributed by atoms with E-state index in [0.29, 0.717) is 13.0 Å². The van der Waals surface area contributed by atoms with E-state index in [-0.39, 0.29) is 24.4 Å². The smallest absolute Gasteiger partial charge is 0.307 e. The number of hydrogen-bond acceptors (Lipinski definition) is 4. The zero-order chi connectivity index (χ0) is 12.7. The van der Waals surface area contributed by atoms with Gasteiger partial charge in [-0.2, -0.15) is 0 Å². The molecule has 0 aromatic carbocycles. The van der Waals surface area contributed by atoms with Gasteiger partial charge in [-0.15, -0.1) is 11.3 Å². The number of rotatable bonds is 6. The molecule has 17 heavy (non-hydrogen) atoms. The van der Waals surface area contributed by atoms with Gasteiger partial charge in [0.1, 0.15) is 0 Å². The molecule has 0 aliphatic heterocycles. The van der Waals surface area contributed by atoms with Crippen LogP contribution in [0.1, 0.15) is 25.1 Å². The van der Waals surface area contributed by atoms with Crippen molar-refractivity contribution in [3.05, 3.63) is 22.4 Å². The first-order valence-corrected chi connectivity index (χ1v) is 6.44. The lowest BCUT2D eigenvalue weighted by atomic mass is 10.3. The second kappa shape index (κ2) is 7.06. The molecule has 0 saturated carbocycles. The van der Waals surface area contributed by atoms with Gasteiger partial charge in [0.05, 0.1) is 18.9 Å². The minimum Gasteiger partial charge on any atom is -0.463 e. The highest BCUT2D eigenvalue weighted by molar-refractivity contribution is 7.10. The van der Waals surface area contributed by atoms with Crippen molar-refractivity contribution >= 4 is 23.2 Å². The number of amides is 1. The number of nitrogens with one attached hydrogen (secondary N) is 1. The van der Waals surface area contributed by atoms with Gasteiger partial charge in [-0.25, -0.2) is 0 Å². The summed E-state index contributed by atoms with van der Waals surface area (Å²) < 4.78 is 4.95. The van der Waals surface area contributed by atoms with Crippen LogP contribution in [0.3, 0.4) is 0 Å². The summed E-state index contributed by atoms with van der Waals surface area (Å²) in [7, 11) is 0. The van der Waals surface area contributed by atoms with Gasteiger partial charge in [-0.05, 0) is 25.3 Å². The van der Waals surface area contributed by atoms with Crippen LogP contribution in [-0.4, -0.2) is 24.5 Å². The molecule has 0 saturated heterocycles. The second-order valence-electron chi connectivity index (χ2n) is 3.89. The largest absolute Gasteiger partial charge is 0.463 e. The second-order valence-corrected chi connectivity index (χ2v) is 4.93. The summed E-state index contributed by atoms with van der Waals surface area (Å²) >= 11 is 1.55. The molecule has 0 bridgehead atoms. The quantitative estimate of drug-likeness (QED) is 0.788. The van der Waals surface area contributed by atoms with Gasteiger partial charge in [-0.1, -0.05) is 6.07 Å². The van der Waals surface area contributed by atoms with Gasteiger partial charge in [0, 0.05) is 11.4 Å². The highest BCUT2D eigenvalue weighted by Crippen LogP contribution is 2.08. The summed E-state index contributed by atoms with van der Waals surface area (Å²) in [6, 6.07) is 3.82. The van der Waals surface area contributed by atoms with Crippen molar-refractivity contribution in [1.82, 2.24) is 5.32 Å². The van der Waals surface area contributed by atoms with Crippen molar-refractivity contribution in [3.8, 4) is 0 Å². The van der Waals surface area contributed by atoms with E-state index in [4.69, 9.17) is 4.74 Å². The lowest BCUT2D eigenvalue weighted by Crippen LogP contribution is -2.28. The van der Waals surface area contributed by atoms with Crippen molar-refractivity contribution < 1.29 is 14.3 Å². The molecule has 5 heteroatoms. The van der Waals surface area contributed by atoms with Crippen LogP contribution in [0.4, 0.5) is 0 Å². The average Bonchev–Trinajstić information content (AvgIpc) is 2.69. The van der Waals surface area contributed by atoms with Crippen molar-refractivity contribution in [3.63, 3.8) is 0 Å². The Morgan fingerprint density at radius 2 is 2.24 bits per heavy atom. The Kier molecular flexibility index (Phi) is 5.69. The SMILES string of the molecule is CC(C)OC(=O)CCNC(=O)Cc1cccs1. The topological polar surface area (TPSA) is 55.4 Å². The molecule has 0 unspecified atom stereocenters. The molecule has 0 spiro atoms. The molecule has 1 N–H and O–H groups in total. The maximum Gasteiger partial charge on any atom is 0.307 e. The lowest BCUT2D eigenvalue weighted by molar-refractivity contribution is -0.147. The minimum absolute atomic E-state index is 0.0650. The fraction of sp³-hybridized carbons (Fsp3) is 0.500. The maximum absolute atomic E-state index is 11.5. The Morgan fingerprint density at radius 1 is 1.47 bits per heavy atom. The average molecular weight is 255 g/mol. The highest BCUT2D eigenvalue weighted by Gasteiger charge is 2.07. The molecule has 4 nitrogen and oxygen atoms in total. The van der Waals surface area contributed by atoms with E-state index in [1.54, 1.807) is 25.2 Å². The maximum atomic E-state index is 11.5. The standard InChI is InChI=1S/C12H17NO3S/c1-9(2)16-12(15)5-6-13-11(14)8-10-4-3-7-17-10/h3-4,7,9H,5-6,8H2,1-2H3,(H,13,14). The van der Waals surface area contributed by atoms with Gasteiger partial charge in [0.15, 0.2) is 0 Å². The monoisotopic (exact) mass is 255 g/mol. The Bertz CT molecular complexity index is 360. The molecule has 94 valence electrons. The van der Waals surface area contributed by atoms with Crippen molar-refractivity contribution in [2.45, 2.75) is 32.8 Å². The van der Waals surface area contributed by atoms with Crippen molar-refractivity contribution in [2.75, 3.05) is 6.54 Å². The van der Waals surface area contributed by atoms with Crippen molar-refractivity contribution in [2.24, 2.45) is 0 Å². The van der Waals surface area contributed by atoms with E-state index in [1.807, 2.05) is 17.5 Å². The Morgan fingerprint density at radius 3 is 2.82 bits per heavy atom. The molecule has 0 aliphatic rings. The normalized spacial score (nSPS) is 10.3. The van der Waals surface area contributed by atoms with E-state index in [0.717, 1.165) is 4.88 Å². The Labute approximate surface area is 105 Å². The molecule has 1 rings (SSSR count). The zero-order valence-electron chi connectivity index (χ0n) is 10.1. The van der Waals surface area contributed by atoms with Crippen LogP contribution in [0.2, 0.25) is 0 Å². The van der Waals surface area contributed by atoms with Gasteiger partial charge < -0.3 is 10.1 Å². The predicted octanol–water partition coefficient (Wildman–Crippen LogP) is 1.75. The van der Waals surface area contributed by atoms with Crippen LogP contribution in [0.5, 0.6) is 0 Å². The lowest BCUT2D eigenvalue weighted by Gasteiger charge is -2.08. The van der Waals surface area contributed by atoms with Crippen LogP contribution < -0.4 is 5.32 Å². The third-order valence-corrected chi connectivity index (χ3v) is 2.81. The number of esters is 1. The molecule has 0 aliphatic carbocycles. The molecular weight excluding hydrogens is 238 g/mol. The van der Waals surface area contributed by atoms with Gasteiger partial charge in [-0.3, -0.25) is 9.59 Å². The molecule has 1 aromatic heterocycles. The number of carbonyl (C=O) groups excluding carboxylic acids is 2. The Hall–Kier alpha value is -1.36. The molecular formula is C12H17NO3S. The number of thiophene rings is 1. The van der Waals surface area contributed by atoms with Crippen LogP contribution >= 0.6 is 11.3 Å². The summed E-state index contributed by atoms with van der Waals surface area (Å²) in [5.74, 6) is -0.346. The number of ether oxygens (including phenoxy) is 1. The first-order chi connectivity index (χ1) is 8.08. The summed E-state index contributed by atoms with van der Waals surface area (Å²) in [4.78, 5) is 23.7. The zero-order valence-corrected chi connectivity index (χ0v) is 10.9. The van der Waals surface area contributed by atoms with E-state index in [9.17, 15) is 9.59 Å². The summed E-state index contributed by atoms with van der Waals surface area (Å²) in [5, 5.41) is 4.63. The van der Waals surface area contributed by atoms with Crippen LogP contribution in [-0.2, 0) is 20.7 Å². The summed E-state index contributed by atoms with van der Waals surface area (Å²) in [5.41, 5.74) is 0. The third kappa shape index (κ3) is 6.06. The van der Waals surface area contributed by atoms with Gasteiger partial charge >= 0.3 is 5.97 Å². The number of hydrogen-bond donors (Lipinski definition) is 1. The first-order valence-electron chi connectivity index (χ1n) is 5.56. The molecule has 1 aromatic rings. The molecule has 0 atom stereocenters. The van der Waals surface area contributed by atoms with E-state index >= 15 is 0 Å². The molecule has 1 heterocycles.